The van der Waals surface area contributed by atoms with Crippen LogP contribution in [0.4, 0.5) is 0 Å². The molecule has 0 saturated heterocycles. The normalized spacial score (nSPS) is 14.9. The van der Waals surface area contributed by atoms with Crippen molar-refractivity contribution in [2.45, 2.75) is 12.5 Å². The molecule has 24 heavy (non-hydrogen) atoms. The van der Waals surface area contributed by atoms with Gasteiger partial charge in [-0.25, -0.2) is 0 Å². The number of nitrogens with one attached hydrogen (secondary N) is 1. The molecule has 0 aromatic heterocycles. The number of hydrogen-bond donors (Lipinski definition) is 2. The summed E-state index contributed by atoms with van der Waals surface area (Å²) in [6, 6.07) is 0. The van der Waals surface area contributed by atoms with E-state index in [0.29, 0.717) is 11.5 Å². The molecule has 4 heteroatoms. The fourth-order valence-corrected chi connectivity index (χ4v) is 1.42. The van der Waals surface area contributed by atoms with Gasteiger partial charge in [0.05, 0.1) is 0 Å². The highest BCUT2D eigenvalue weighted by molar-refractivity contribution is 5.86. The van der Waals surface area contributed by atoms with Gasteiger partial charge in [0.1, 0.15) is 12.4 Å². The molecular formula is C20H25NO3. The van der Waals surface area contributed by atoms with Crippen molar-refractivity contribution in [3.8, 4) is 0 Å². The maximum Gasteiger partial charge on any atom is 0.259 e. The molecule has 0 heterocycles. The van der Waals surface area contributed by atoms with Crippen LogP contribution < -0.4 is 5.32 Å². The molecule has 0 aliphatic heterocycles. The number of ether oxygens (including phenoxy) is 1. The van der Waals surface area contributed by atoms with Crippen LogP contribution in [-0.4, -0.2) is 23.2 Å². The first kappa shape index (κ1) is 21.1. The van der Waals surface area contributed by atoms with Crippen molar-refractivity contribution in [1.82, 2.24) is 5.32 Å². The van der Waals surface area contributed by atoms with Gasteiger partial charge in [0.2, 0.25) is 0 Å². The molecule has 128 valence electrons. The van der Waals surface area contributed by atoms with Crippen LogP contribution in [0.2, 0.25) is 0 Å². The van der Waals surface area contributed by atoms with Gasteiger partial charge in [-0.05, 0) is 31.2 Å². The molecule has 0 radical (unpaired) electrons. The number of allylic oxidation sites excluding steroid dienone is 10. The molecule has 0 aromatic carbocycles. The van der Waals surface area contributed by atoms with Crippen LogP contribution in [0, 0.1) is 0 Å². The SMILES string of the molecule is C=C/C=C\C(=C/C=C)NC(=O)[C@@](C)(O)COC(/C=C\C=C)=C/C=C. The number of carbonyl (C=O) groups is 1. The fourth-order valence-electron chi connectivity index (χ4n) is 1.42. The van der Waals surface area contributed by atoms with Crippen molar-refractivity contribution >= 4 is 5.91 Å². The minimum atomic E-state index is -1.73. The van der Waals surface area contributed by atoms with Crippen LogP contribution in [0.1, 0.15) is 6.92 Å². The summed E-state index contributed by atoms with van der Waals surface area (Å²) >= 11 is 0. The average Bonchev–Trinajstić information content (AvgIpc) is 2.55. The molecule has 1 atom stereocenters. The Bertz CT molecular complexity index is 590. The molecule has 0 aromatic rings. The monoisotopic (exact) mass is 327 g/mol. The van der Waals surface area contributed by atoms with E-state index in [-0.39, 0.29) is 6.61 Å². The van der Waals surface area contributed by atoms with E-state index in [4.69, 9.17) is 4.74 Å². The first-order valence-corrected chi connectivity index (χ1v) is 7.31. The van der Waals surface area contributed by atoms with Gasteiger partial charge in [0.25, 0.3) is 5.91 Å². The minimum Gasteiger partial charge on any atom is -0.490 e. The summed E-state index contributed by atoms with van der Waals surface area (Å²) in [5.74, 6) is -0.152. The quantitative estimate of drug-likeness (QED) is 0.451. The Morgan fingerprint density at radius 2 is 1.62 bits per heavy atom. The summed E-state index contributed by atoms with van der Waals surface area (Å²) < 4.78 is 5.46. The summed E-state index contributed by atoms with van der Waals surface area (Å²) in [5.41, 5.74) is -1.26. The lowest BCUT2D eigenvalue weighted by Gasteiger charge is -2.23. The fraction of sp³-hybridized carbons (Fsp3) is 0.150. The van der Waals surface area contributed by atoms with Crippen molar-refractivity contribution in [3.05, 3.63) is 98.5 Å². The number of aliphatic hydroxyl groups is 1. The number of carbonyl (C=O) groups excluding carboxylic acids is 1. The van der Waals surface area contributed by atoms with E-state index in [1.807, 2.05) is 0 Å². The van der Waals surface area contributed by atoms with E-state index >= 15 is 0 Å². The summed E-state index contributed by atoms with van der Waals surface area (Å²) in [4.78, 5) is 12.2. The molecule has 0 saturated carbocycles. The average molecular weight is 327 g/mol. The molecule has 1 amide bonds. The molecule has 4 nitrogen and oxygen atoms in total. The molecule has 0 unspecified atom stereocenters. The lowest BCUT2D eigenvalue weighted by molar-refractivity contribution is -0.141. The molecule has 2 N–H and O–H groups in total. The third-order valence-electron chi connectivity index (χ3n) is 2.65. The van der Waals surface area contributed by atoms with Crippen molar-refractivity contribution in [3.63, 3.8) is 0 Å². The Balaban J connectivity index is 4.99. The summed E-state index contributed by atoms with van der Waals surface area (Å²) in [5, 5.41) is 12.9. The first-order chi connectivity index (χ1) is 11.4. The third kappa shape index (κ3) is 8.56. The van der Waals surface area contributed by atoms with Gasteiger partial charge in [0.15, 0.2) is 5.60 Å². The largest absolute Gasteiger partial charge is 0.490 e. The minimum absolute atomic E-state index is 0.230. The van der Waals surface area contributed by atoms with Gasteiger partial charge in [0, 0.05) is 5.70 Å². The summed E-state index contributed by atoms with van der Waals surface area (Å²) in [6.45, 7) is 15.4. The van der Waals surface area contributed by atoms with E-state index < -0.39 is 11.5 Å². The second kappa shape index (κ2) is 11.7. The van der Waals surface area contributed by atoms with E-state index in [1.54, 1.807) is 54.7 Å². The van der Waals surface area contributed by atoms with Crippen molar-refractivity contribution in [1.29, 1.82) is 0 Å². The standard InChI is InChI=1S/C20H25NO3/c1-6-10-14-17(12-8-3)21-19(22)20(5,23)16-24-18(13-9-4)15-11-7-2/h6-15,23H,1-4,16H2,5H3,(H,21,22)/b14-10-,15-11-,17-12+,18-13+/t20-/m0/s1. The van der Waals surface area contributed by atoms with Crippen LogP contribution >= 0.6 is 0 Å². The van der Waals surface area contributed by atoms with Gasteiger partial charge < -0.3 is 15.2 Å². The predicted molar refractivity (Wildman–Crippen MR) is 100.0 cm³/mol. The van der Waals surface area contributed by atoms with Gasteiger partial charge >= 0.3 is 0 Å². The number of rotatable bonds is 11. The smallest absolute Gasteiger partial charge is 0.259 e. The number of amides is 1. The zero-order chi connectivity index (χ0) is 18.4. The van der Waals surface area contributed by atoms with Crippen LogP contribution in [0.15, 0.2) is 98.5 Å². The zero-order valence-electron chi connectivity index (χ0n) is 14.1. The Kier molecular flexibility index (Phi) is 10.3. The van der Waals surface area contributed by atoms with Crippen molar-refractivity contribution in [2.24, 2.45) is 0 Å². The van der Waals surface area contributed by atoms with E-state index in [2.05, 4.69) is 31.6 Å². The lowest BCUT2D eigenvalue weighted by Crippen LogP contribution is -2.47. The maximum atomic E-state index is 12.2. The molecule has 0 aliphatic rings. The molecular weight excluding hydrogens is 302 g/mol. The molecule has 0 spiro atoms. The second-order valence-corrected chi connectivity index (χ2v) is 4.87. The first-order valence-electron chi connectivity index (χ1n) is 7.31. The van der Waals surface area contributed by atoms with Crippen molar-refractivity contribution < 1.29 is 14.6 Å². The van der Waals surface area contributed by atoms with Crippen molar-refractivity contribution in [2.75, 3.05) is 6.61 Å². The van der Waals surface area contributed by atoms with E-state index in [0.717, 1.165) is 0 Å². The topological polar surface area (TPSA) is 58.6 Å². The van der Waals surface area contributed by atoms with Gasteiger partial charge in [-0.15, -0.1) is 0 Å². The molecule has 0 aliphatic carbocycles. The van der Waals surface area contributed by atoms with Gasteiger partial charge in [-0.2, -0.15) is 0 Å². The highest BCUT2D eigenvalue weighted by atomic mass is 16.5. The number of hydrogen-bond acceptors (Lipinski definition) is 3. The maximum absolute atomic E-state index is 12.2. The summed E-state index contributed by atoms with van der Waals surface area (Å²) in [7, 11) is 0. The lowest BCUT2D eigenvalue weighted by atomic mass is 10.1. The highest BCUT2D eigenvalue weighted by Gasteiger charge is 2.31. The predicted octanol–water partition coefficient (Wildman–Crippen LogP) is 3.49. The second-order valence-electron chi connectivity index (χ2n) is 4.87. The Morgan fingerprint density at radius 1 is 1.04 bits per heavy atom. The van der Waals surface area contributed by atoms with Gasteiger partial charge in [-0.3, -0.25) is 4.79 Å². The zero-order valence-corrected chi connectivity index (χ0v) is 14.1. The van der Waals surface area contributed by atoms with Crippen LogP contribution in [0.25, 0.3) is 0 Å². The van der Waals surface area contributed by atoms with Crippen LogP contribution in [0.3, 0.4) is 0 Å². The van der Waals surface area contributed by atoms with Crippen LogP contribution in [-0.2, 0) is 9.53 Å². The summed E-state index contributed by atoms with van der Waals surface area (Å²) in [6.07, 6.45) is 16.1. The Morgan fingerprint density at radius 3 is 2.17 bits per heavy atom. The van der Waals surface area contributed by atoms with E-state index in [9.17, 15) is 9.90 Å². The molecule has 0 rings (SSSR count). The molecule has 0 fully saturated rings. The third-order valence-corrected chi connectivity index (χ3v) is 2.65. The van der Waals surface area contributed by atoms with E-state index in [1.165, 1.54) is 13.0 Å². The van der Waals surface area contributed by atoms with Gasteiger partial charge in [-0.1, -0.05) is 62.8 Å². The highest BCUT2D eigenvalue weighted by Crippen LogP contribution is 2.11. The van der Waals surface area contributed by atoms with Crippen LogP contribution in [0.5, 0.6) is 0 Å². The Hall–Kier alpha value is -2.85. The molecule has 0 bridgehead atoms. The Labute approximate surface area is 144 Å².